The Bertz CT molecular complexity index is 1330. The minimum absolute atomic E-state index is 0.0474. The van der Waals surface area contributed by atoms with E-state index in [1.54, 1.807) is 24.4 Å². The minimum atomic E-state index is -1.93. The van der Waals surface area contributed by atoms with Crippen LogP contribution in [0.3, 0.4) is 0 Å². The lowest BCUT2D eigenvalue weighted by atomic mass is 9.79. The second-order valence-corrected chi connectivity index (χ2v) is 9.17. The molecule has 0 saturated heterocycles. The van der Waals surface area contributed by atoms with Gasteiger partial charge in [0.15, 0.2) is 0 Å². The Hall–Kier alpha value is -4.28. The predicted molar refractivity (Wildman–Crippen MR) is 138 cm³/mol. The summed E-state index contributed by atoms with van der Waals surface area (Å²) in [5.74, 6) is -1.76. The average molecular weight is 497 g/mol. The number of Topliss-reactive ketones (excluding diaryl/α,β-unsaturated/α-hetero) is 1. The number of unbranched alkanes of at least 4 members (excludes halogenated alkanes) is 1. The molecule has 4 rings (SSSR count). The molecule has 0 aromatic heterocycles. The largest absolute Gasteiger partial charge is 0.442 e. The molecule has 0 saturated carbocycles. The van der Waals surface area contributed by atoms with Crippen LogP contribution in [0.2, 0.25) is 0 Å². The lowest BCUT2D eigenvalue weighted by molar-refractivity contribution is -0.168. The maximum atomic E-state index is 13.6. The fourth-order valence-corrected chi connectivity index (χ4v) is 4.37. The van der Waals surface area contributed by atoms with Crippen molar-refractivity contribution in [1.29, 1.82) is 5.26 Å². The van der Waals surface area contributed by atoms with Crippen LogP contribution in [0.1, 0.15) is 42.9 Å². The second kappa shape index (κ2) is 11.2. The second-order valence-electron chi connectivity index (χ2n) is 9.17. The third-order valence-corrected chi connectivity index (χ3v) is 6.53. The average Bonchev–Trinajstić information content (AvgIpc) is 2.92. The van der Waals surface area contributed by atoms with E-state index in [2.05, 4.69) is 6.07 Å². The van der Waals surface area contributed by atoms with Crippen LogP contribution in [0.15, 0.2) is 84.1 Å². The molecule has 2 aromatic carbocycles. The molecule has 0 amide bonds. The number of aliphatic hydroxyl groups excluding tert-OH is 1. The monoisotopic (exact) mass is 496 g/mol. The zero-order chi connectivity index (χ0) is 26.4. The maximum Gasteiger partial charge on any atom is 0.307 e. The maximum absolute atomic E-state index is 13.6. The number of fused-ring (bicyclic) bond motifs is 1. The number of esters is 1. The molecule has 0 radical (unpaired) electrons. The zero-order valence-electron chi connectivity index (χ0n) is 20.6. The van der Waals surface area contributed by atoms with E-state index in [0.29, 0.717) is 42.5 Å². The third kappa shape index (κ3) is 5.60. The highest BCUT2D eigenvalue weighted by molar-refractivity contribution is 6.26. The molecular formula is C30H28N2O5. The van der Waals surface area contributed by atoms with Gasteiger partial charge >= 0.3 is 5.97 Å². The zero-order valence-corrected chi connectivity index (χ0v) is 20.6. The van der Waals surface area contributed by atoms with E-state index in [0.717, 1.165) is 16.8 Å². The van der Waals surface area contributed by atoms with Crippen molar-refractivity contribution in [2.75, 3.05) is 13.2 Å². The van der Waals surface area contributed by atoms with Gasteiger partial charge in [0.25, 0.3) is 0 Å². The Kier molecular flexibility index (Phi) is 7.80. The molecule has 0 spiro atoms. The van der Waals surface area contributed by atoms with Gasteiger partial charge in [0.1, 0.15) is 0 Å². The van der Waals surface area contributed by atoms with E-state index < -0.39 is 23.1 Å². The molecule has 1 aliphatic carbocycles. The first kappa shape index (κ1) is 25.8. The van der Waals surface area contributed by atoms with Gasteiger partial charge in [0.05, 0.1) is 11.6 Å². The number of hydrogen-bond acceptors (Lipinski definition) is 7. The standard InChI is InChI=1S/C30H28N2O5/c1-30(37-28(35)14-11-21-7-3-2-4-8-21)27(34)18-24-17-26(23-12-9-22(19-31)10-13-23)32(15-5-6-16-33)20-25(24)29(30)36/h2-4,7-10,12-13,17-18,20,33H,5-6,11,14-16H2,1H3. The highest BCUT2D eigenvalue weighted by Gasteiger charge is 2.49. The van der Waals surface area contributed by atoms with E-state index in [4.69, 9.17) is 10.00 Å². The van der Waals surface area contributed by atoms with Gasteiger partial charge in [-0.05, 0) is 67.2 Å². The minimum Gasteiger partial charge on any atom is -0.442 e. The summed E-state index contributed by atoms with van der Waals surface area (Å²) in [6, 6.07) is 18.6. The fourth-order valence-electron chi connectivity index (χ4n) is 4.37. The Balaban J connectivity index is 1.60. The lowest BCUT2D eigenvalue weighted by Gasteiger charge is -2.35. The number of rotatable bonds is 9. The molecule has 1 heterocycles. The molecule has 0 bridgehead atoms. The molecule has 1 N–H and O–H groups in total. The highest BCUT2D eigenvalue weighted by atomic mass is 16.6. The highest BCUT2D eigenvalue weighted by Crippen LogP contribution is 2.37. The lowest BCUT2D eigenvalue weighted by Crippen LogP contribution is -2.51. The number of ether oxygens (including phenoxy) is 1. The van der Waals surface area contributed by atoms with Gasteiger partial charge in [0.2, 0.25) is 17.2 Å². The number of ketones is 2. The molecule has 2 aromatic rings. The molecule has 0 fully saturated rings. The van der Waals surface area contributed by atoms with Crippen molar-refractivity contribution in [3.8, 4) is 6.07 Å². The summed E-state index contributed by atoms with van der Waals surface area (Å²) in [5, 5.41) is 18.4. The Morgan fingerprint density at radius 1 is 1.05 bits per heavy atom. The first-order chi connectivity index (χ1) is 17.9. The number of carbonyl (C=O) groups is 3. The van der Waals surface area contributed by atoms with Gasteiger partial charge in [-0.1, -0.05) is 42.5 Å². The molecule has 1 unspecified atom stereocenters. The molecule has 188 valence electrons. The quantitative estimate of drug-likeness (QED) is 0.319. The van der Waals surface area contributed by atoms with Gasteiger partial charge in [-0.3, -0.25) is 14.4 Å². The molecule has 7 heteroatoms. The Labute approximate surface area is 216 Å². The van der Waals surface area contributed by atoms with Gasteiger partial charge in [-0.2, -0.15) is 5.26 Å². The Morgan fingerprint density at radius 2 is 1.78 bits per heavy atom. The molecule has 2 aliphatic rings. The van der Waals surface area contributed by atoms with Crippen LogP contribution in [-0.4, -0.2) is 46.3 Å². The molecule has 7 nitrogen and oxygen atoms in total. The van der Waals surface area contributed by atoms with Crippen molar-refractivity contribution >= 4 is 23.2 Å². The van der Waals surface area contributed by atoms with Crippen LogP contribution in [0, 0.1) is 11.3 Å². The summed E-state index contributed by atoms with van der Waals surface area (Å²) < 4.78 is 5.52. The van der Waals surface area contributed by atoms with Crippen LogP contribution in [0.25, 0.3) is 5.70 Å². The molecule has 1 aliphatic heterocycles. The smallest absolute Gasteiger partial charge is 0.307 e. The number of nitriles is 1. The first-order valence-corrected chi connectivity index (χ1v) is 12.2. The number of aliphatic hydroxyl groups is 1. The van der Waals surface area contributed by atoms with Crippen LogP contribution < -0.4 is 0 Å². The predicted octanol–water partition coefficient (Wildman–Crippen LogP) is 3.88. The van der Waals surface area contributed by atoms with E-state index in [-0.39, 0.29) is 13.0 Å². The van der Waals surface area contributed by atoms with Crippen molar-refractivity contribution < 1.29 is 24.2 Å². The van der Waals surface area contributed by atoms with Crippen LogP contribution in [-0.2, 0) is 25.5 Å². The topological polar surface area (TPSA) is 108 Å². The van der Waals surface area contributed by atoms with Gasteiger partial charge in [-0.25, -0.2) is 0 Å². The normalized spacial score (nSPS) is 18.8. The SMILES string of the molecule is CC1(OC(=O)CCc2ccccc2)C(=O)C=C2C=C(c3ccc(C#N)cc3)N(CCCCO)C=C2C1=O. The first-order valence-electron chi connectivity index (χ1n) is 12.2. The van der Waals surface area contributed by atoms with Crippen molar-refractivity contribution in [2.45, 2.75) is 38.2 Å². The molecule has 1 atom stereocenters. The third-order valence-electron chi connectivity index (χ3n) is 6.53. The number of allylic oxidation sites excluding steroid dienone is 2. The summed E-state index contributed by atoms with van der Waals surface area (Å²) in [6.07, 6.45) is 6.55. The van der Waals surface area contributed by atoms with E-state index in [1.165, 1.54) is 13.0 Å². The van der Waals surface area contributed by atoms with Crippen molar-refractivity contribution in [1.82, 2.24) is 4.90 Å². The molecular weight excluding hydrogens is 468 g/mol. The van der Waals surface area contributed by atoms with E-state index >= 15 is 0 Å². The summed E-state index contributed by atoms with van der Waals surface area (Å²) in [5.41, 5.74) is 1.88. The number of carbonyl (C=O) groups excluding carboxylic acids is 3. The van der Waals surface area contributed by atoms with Crippen LogP contribution in [0.4, 0.5) is 0 Å². The van der Waals surface area contributed by atoms with Crippen molar-refractivity contribution in [3.63, 3.8) is 0 Å². The van der Waals surface area contributed by atoms with Gasteiger partial charge in [0, 0.05) is 37.0 Å². The number of hydrogen-bond donors (Lipinski definition) is 1. The van der Waals surface area contributed by atoms with Gasteiger partial charge < -0.3 is 14.7 Å². The van der Waals surface area contributed by atoms with Crippen LogP contribution >= 0.6 is 0 Å². The summed E-state index contributed by atoms with van der Waals surface area (Å²) in [6.45, 7) is 1.93. The summed E-state index contributed by atoms with van der Waals surface area (Å²) in [4.78, 5) is 41.2. The number of aryl methyl sites for hydroxylation is 1. The fraction of sp³-hybridized carbons (Fsp3) is 0.267. The van der Waals surface area contributed by atoms with Gasteiger partial charge in [-0.15, -0.1) is 0 Å². The van der Waals surface area contributed by atoms with Crippen molar-refractivity contribution in [2.24, 2.45) is 0 Å². The van der Waals surface area contributed by atoms with Crippen molar-refractivity contribution in [3.05, 3.63) is 101 Å². The van der Waals surface area contributed by atoms with E-state index in [9.17, 15) is 19.5 Å². The van der Waals surface area contributed by atoms with Crippen LogP contribution in [0.5, 0.6) is 0 Å². The van der Waals surface area contributed by atoms with E-state index in [1.807, 2.05) is 47.4 Å². The number of nitrogens with zero attached hydrogens (tertiary/aromatic N) is 2. The molecule has 37 heavy (non-hydrogen) atoms. The summed E-state index contributed by atoms with van der Waals surface area (Å²) in [7, 11) is 0. The Morgan fingerprint density at radius 3 is 2.46 bits per heavy atom. The summed E-state index contributed by atoms with van der Waals surface area (Å²) >= 11 is 0. The number of benzene rings is 2.